The maximum absolute atomic E-state index is 11.9. The normalized spacial score (nSPS) is 10.3. The number of rotatable bonds is 6. The minimum Gasteiger partial charge on any atom is -0.497 e. The van der Waals surface area contributed by atoms with E-state index in [9.17, 15) is 9.59 Å². The lowest BCUT2D eigenvalue weighted by molar-refractivity contribution is -0.129. The molecule has 0 bridgehead atoms. The second-order valence-corrected chi connectivity index (χ2v) is 5.44. The monoisotopic (exact) mass is 354 g/mol. The molecule has 8 nitrogen and oxygen atoms in total. The Bertz CT molecular complexity index is 872. The molecule has 3 aromatic rings. The number of hydrazine groups is 1. The van der Waals surface area contributed by atoms with E-state index in [1.54, 1.807) is 31.4 Å². The van der Waals surface area contributed by atoms with Crippen LogP contribution in [0.15, 0.2) is 48.5 Å². The Morgan fingerprint density at radius 3 is 2.42 bits per heavy atom. The summed E-state index contributed by atoms with van der Waals surface area (Å²) in [6.45, 7) is -0.225. The molecule has 0 saturated heterocycles. The zero-order valence-electron chi connectivity index (χ0n) is 14.1. The summed E-state index contributed by atoms with van der Waals surface area (Å²) >= 11 is 0. The molecule has 1 heterocycles. The van der Waals surface area contributed by atoms with E-state index >= 15 is 0 Å². The lowest BCUT2D eigenvalue weighted by Gasteiger charge is -2.08. The molecular formula is C18H18N4O4. The second kappa shape index (κ2) is 8.02. The number of fused-ring (bicyclic) bond motifs is 1. The van der Waals surface area contributed by atoms with Crippen LogP contribution in [-0.4, -0.2) is 35.5 Å². The van der Waals surface area contributed by atoms with E-state index in [0.717, 1.165) is 11.0 Å². The molecule has 26 heavy (non-hydrogen) atoms. The van der Waals surface area contributed by atoms with Crippen molar-refractivity contribution in [2.75, 3.05) is 13.7 Å². The van der Waals surface area contributed by atoms with Crippen molar-refractivity contribution in [2.24, 2.45) is 0 Å². The van der Waals surface area contributed by atoms with Gasteiger partial charge in [-0.2, -0.15) is 0 Å². The average molecular weight is 354 g/mol. The molecule has 0 aliphatic heterocycles. The van der Waals surface area contributed by atoms with Crippen LogP contribution in [-0.2, 0) is 16.0 Å². The fraction of sp³-hybridized carbons (Fsp3) is 0.167. The number of hydrogen-bond acceptors (Lipinski definition) is 5. The molecule has 0 unspecified atom stereocenters. The fourth-order valence-electron chi connectivity index (χ4n) is 2.28. The molecule has 134 valence electrons. The highest BCUT2D eigenvalue weighted by molar-refractivity contribution is 5.84. The third kappa shape index (κ3) is 4.50. The van der Waals surface area contributed by atoms with E-state index in [-0.39, 0.29) is 18.9 Å². The van der Waals surface area contributed by atoms with Crippen LogP contribution in [0.1, 0.15) is 5.82 Å². The Morgan fingerprint density at radius 1 is 1.00 bits per heavy atom. The van der Waals surface area contributed by atoms with Gasteiger partial charge in [-0.05, 0) is 36.4 Å². The number of nitrogens with zero attached hydrogens (tertiary/aromatic N) is 1. The van der Waals surface area contributed by atoms with Crippen LogP contribution in [0.2, 0.25) is 0 Å². The number of ether oxygens (including phenoxy) is 2. The molecule has 0 aliphatic carbocycles. The number of benzene rings is 2. The van der Waals surface area contributed by atoms with Gasteiger partial charge in [0, 0.05) is 0 Å². The molecule has 0 fully saturated rings. The van der Waals surface area contributed by atoms with E-state index in [4.69, 9.17) is 9.47 Å². The van der Waals surface area contributed by atoms with Gasteiger partial charge in [-0.3, -0.25) is 20.4 Å². The Morgan fingerprint density at radius 2 is 1.69 bits per heavy atom. The molecule has 2 amide bonds. The van der Waals surface area contributed by atoms with E-state index in [0.29, 0.717) is 17.3 Å². The molecule has 0 aliphatic rings. The van der Waals surface area contributed by atoms with Crippen molar-refractivity contribution in [3.63, 3.8) is 0 Å². The molecule has 3 N–H and O–H groups in total. The van der Waals surface area contributed by atoms with Gasteiger partial charge in [-0.25, -0.2) is 4.98 Å². The first kappa shape index (κ1) is 17.3. The van der Waals surface area contributed by atoms with Gasteiger partial charge in [0.1, 0.15) is 17.3 Å². The van der Waals surface area contributed by atoms with Crippen LogP contribution in [0.25, 0.3) is 11.0 Å². The van der Waals surface area contributed by atoms with Crippen molar-refractivity contribution >= 4 is 22.8 Å². The maximum Gasteiger partial charge on any atom is 0.276 e. The van der Waals surface area contributed by atoms with Gasteiger partial charge >= 0.3 is 0 Å². The van der Waals surface area contributed by atoms with Crippen molar-refractivity contribution in [3.8, 4) is 11.5 Å². The third-order valence-corrected chi connectivity index (χ3v) is 3.54. The number of nitrogens with one attached hydrogen (secondary N) is 3. The second-order valence-electron chi connectivity index (χ2n) is 5.44. The number of aromatic amines is 1. The van der Waals surface area contributed by atoms with Crippen molar-refractivity contribution < 1.29 is 19.1 Å². The molecule has 3 rings (SSSR count). The SMILES string of the molecule is COc1ccc(OCC(=O)NNC(=O)Cc2nc3ccccc3[nH]2)cc1. The number of para-hydroxylation sites is 2. The Labute approximate surface area is 149 Å². The van der Waals surface area contributed by atoms with Crippen LogP contribution >= 0.6 is 0 Å². The quantitative estimate of drug-likeness (QED) is 0.579. The number of imidazole rings is 1. The minimum atomic E-state index is -0.473. The van der Waals surface area contributed by atoms with E-state index in [2.05, 4.69) is 20.8 Å². The van der Waals surface area contributed by atoms with Gasteiger partial charge in [0.05, 0.1) is 24.6 Å². The topological polar surface area (TPSA) is 105 Å². The summed E-state index contributed by atoms with van der Waals surface area (Å²) in [5.41, 5.74) is 6.27. The van der Waals surface area contributed by atoms with Crippen LogP contribution in [0.3, 0.4) is 0 Å². The predicted molar refractivity (Wildman–Crippen MR) is 94.6 cm³/mol. The summed E-state index contributed by atoms with van der Waals surface area (Å²) in [5, 5.41) is 0. The highest BCUT2D eigenvalue weighted by Crippen LogP contribution is 2.16. The van der Waals surface area contributed by atoms with E-state index in [1.165, 1.54) is 0 Å². The number of methoxy groups -OCH3 is 1. The molecular weight excluding hydrogens is 336 g/mol. The van der Waals surface area contributed by atoms with Gasteiger partial charge in [0.15, 0.2) is 6.61 Å². The van der Waals surface area contributed by atoms with Crippen molar-refractivity contribution in [1.29, 1.82) is 0 Å². The lowest BCUT2D eigenvalue weighted by Crippen LogP contribution is -2.44. The van der Waals surface area contributed by atoms with Crippen molar-refractivity contribution in [2.45, 2.75) is 6.42 Å². The summed E-state index contributed by atoms with van der Waals surface area (Å²) < 4.78 is 10.4. The van der Waals surface area contributed by atoms with Crippen LogP contribution in [0.5, 0.6) is 11.5 Å². The molecule has 1 aromatic heterocycles. The Balaban J connectivity index is 1.42. The lowest BCUT2D eigenvalue weighted by atomic mass is 10.3. The number of carbonyl (C=O) groups is 2. The maximum atomic E-state index is 11.9. The minimum absolute atomic E-state index is 0.0221. The first-order valence-corrected chi connectivity index (χ1v) is 7.92. The summed E-state index contributed by atoms with van der Waals surface area (Å²) in [6.07, 6.45) is 0.0221. The van der Waals surface area contributed by atoms with Gasteiger partial charge in [-0.1, -0.05) is 12.1 Å². The summed E-state index contributed by atoms with van der Waals surface area (Å²) in [5.74, 6) is 0.877. The van der Waals surface area contributed by atoms with Gasteiger partial charge in [0.2, 0.25) is 5.91 Å². The summed E-state index contributed by atoms with van der Waals surface area (Å²) in [4.78, 5) is 31.0. The Kier molecular flexibility index (Phi) is 5.33. The van der Waals surface area contributed by atoms with Crippen LogP contribution < -0.4 is 20.3 Å². The van der Waals surface area contributed by atoms with Crippen LogP contribution in [0.4, 0.5) is 0 Å². The van der Waals surface area contributed by atoms with E-state index < -0.39 is 5.91 Å². The van der Waals surface area contributed by atoms with Crippen molar-refractivity contribution in [3.05, 3.63) is 54.4 Å². The first-order valence-electron chi connectivity index (χ1n) is 7.92. The standard InChI is InChI=1S/C18H18N4O4/c1-25-12-6-8-13(9-7-12)26-11-18(24)22-21-17(23)10-16-19-14-4-2-3-5-15(14)20-16/h2-9H,10-11H2,1H3,(H,19,20)(H,21,23)(H,22,24). The third-order valence-electron chi connectivity index (χ3n) is 3.54. The highest BCUT2D eigenvalue weighted by Gasteiger charge is 2.09. The van der Waals surface area contributed by atoms with E-state index in [1.807, 2.05) is 24.3 Å². The van der Waals surface area contributed by atoms with Crippen LogP contribution in [0, 0.1) is 0 Å². The zero-order valence-corrected chi connectivity index (χ0v) is 14.1. The summed E-state index contributed by atoms with van der Waals surface area (Å²) in [6, 6.07) is 14.3. The number of carbonyl (C=O) groups excluding carboxylic acids is 2. The fourth-order valence-corrected chi connectivity index (χ4v) is 2.28. The number of H-pyrrole nitrogens is 1. The average Bonchev–Trinajstić information content (AvgIpc) is 3.07. The van der Waals surface area contributed by atoms with Crippen molar-refractivity contribution in [1.82, 2.24) is 20.8 Å². The molecule has 8 heteroatoms. The van der Waals surface area contributed by atoms with Gasteiger partial charge < -0.3 is 14.5 Å². The molecule has 0 spiro atoms. The Hall–Kier alpha value is -3.55. The molecule has 2 aromatic carbocycles. The molecule has 0 radical (unpaired) electrons. The van der Waals surface area contributed by atoms with Gasteiger partial charge in [-0.15, -0.1) is 0 Å². The summed E-state index contributed by atoms with van der Waals surface area (Å²) in [7, 11) is 1.57. The number of hydrogen-bond donors (Lipinski definition) is 3. The van der Waals surface area contributed by atoms with Gasteiger partial charge in [0.25, 0.3) is 5.91 Å². The first-order chi connectivity index (χ1) is 12.6. The smallest absolute Gasteiger partial charge is 0.276 e. The zero-order chi connectivity index (χ0) is 18.4. The number of aromatic nitrogens is 2. The largest absolute Gasteiger partial charge is 0.497 e. The highest BCUT2D eigenvalue weighted by atomic mass is 16.5. The number of amides is 2. The predicted octanol–water partition coefficient (Wildman–Crippen LogP) is 1.34. The molecule has 0 saturated carbocycles. The molecule has 0 atom stereocenters.